The van der Waals surface area contributed by atoms with Crippen LogP contribution in [0.4, 0.5) is 0 Å². The normalized spacial score (nSPS) is 12.8. The van der Waals surface area contributed by atoms with Gasteiger partial charge in [-0.2, -0.15) is 0 Å². The second-order valence-electron chi connectivity index (χ2n) is 4.76. The number of rotatable bonds is 6. The van der Waals surface area contributed by atoms with Crippen LogP contribution in [0.1, 0.15) is 23.0 Å². The number of benzene rings is 1. The van der Waals surface area contributed by atoms with E-state index in [0.717, 1.165) is 13.1 Å². The molecule has 2 aromatic rings. The van der Waals surface area contributed by atoms with E-state index in [1.165, 1.54) is 4.88 Å². The molecule has 20 heavy (non-hydrogen) atoms. The van der Waals surface area contributed by atoms with Crippen LogP contribution in [0.5, 0.6) is 0 Å². The Balaban J connectivity index is 1.88. The average Bonchev–Trinajstić information content (AvgIpc) is 2.92. The third-order valence-corrected chi connectivity index (χ3v) is 4.83. The molecule has 0 saturated heterocycles. The summed E-state index contributed by atoms with van der Waals surface area (Å²) >= 11 is 13.8. The molecule has 1 unspecified atom stereocenters. The predicted molar refractivity (Wildman–Crippen MR) is 86.7 cm³/mol. The van der Waals surface area contributed by atoms with Crippen LogP contribution < -0.4 is 0 Å². The molecule has 0 spiro atoms. The largest absolute Gasteiger partial charge is 0.388 e. The molecule has 2 rings (SSSR count). The van der Waals surface area contributed by atoms with Gasteiger partial charge in [-0.05, 0) is 31.0 Å². The highest BCUT2D eigenvalue weighted by molar-refractivity contribution is 7.09. The second-order valence-corrected chi connectivity index (χ2v) is 6.58. The Morgan fingerprint density at radius 1 is 1.25 bits per heavy atom. The van der Waals surface area contributed by atoms with E-state index in [4.69, 9.17) is 23.2 Å². The number of hydrogen-bond acceptors (Lipinski definition) is 3. The van der Waals surface area contributed by atoms with Gasteiger partial charge in [0.15, 0.2) is 0 Å². The molecule has 0 bridgehead atoms. The molecule has 1 atom stereocenters. The summed E-state index contributed by atoms with van der Waals surface area (Å²) < 4.78 is 0. The van der Waals surface area contributed by atoms with Crippen LogP contribution in [0.15, 0.2) is 35.7 Å². The zero-order valence-corrected chi connectivity index (χ0v) is 13.5. The molecular weight excluding hydrogens is 313 g/mol. The van der Waals surface area contributed by atoms with Gasteiger partial charge < -0.3 is 10.0 Å². The minimum atomic E-state index is -0.591. The van der Waals surface area contributed by atoms with E-state index in [2.05, 4.69) is 22.4 Å². The molecule has 0 radical (unpaired) electrons. The van der Waals surface area contributed by atoms with E-state index in [1.807, 2.05) is 19.2 Å². The molecule has 108 valence electrons. The summed E-state index contributed by atoms with van der Waals surface area (Å²) in [6.07, 6.45) is 0.0362. The van der Waals surface area contributed by atoms with Gasteiger partial charge in [-0.3, -0.25) is 0 Å². The fourth-order valence-corrected chi connectivity index (χ4v) is 3.24. The smallest absolute Gasteiger partial charge is 0.0817 e. The Hall–Kier alpha value is -0.580. The number of aliphatic hydroxyl groups is 1. The molecule has 1 N–H and O–H groups in total. The van der Waals surface area contributed by atoms with E-state index in [0.29, 0.717) is 22.0 Å². The summed E-state index contributed by atoms with van der Waals surface area (Å²) in [6, 6.07) is 9.52. The molecule has 0 aliphatic rings. The highest BCUT2D eigenvalue weighted by atomic mass is 35.5. The van der Waals surface area contributed by atoms with E-state index in [9.17, 15) is 5.11 Å². The maximum Gasteiger partial charge on any atom is 0.0817 e. The molecule has 0 fully saturated rings. The topological polar surface area (TPSA) is 23.5 Å². The van der Waals surface area contributed by atoms with Crippen molar-refractivity contribution in [3.63, 3.8) is 0 Å². The van der Waals surface area contributed by atoms with Gasteiger partial charge in [0, 0.05) is 23.5 Å². The summed E-state index contributed by atoms with van der Waals surface area (Å²) in [5, 5.41) is 13.2. The van der Waals surface area contributed by atoms with Crippen molar-refractivity contribution in [2.24, 2.45) is 0 Å². The van der Waals surface area contributed by atoms with E-state index in [-0.39, 0.29) is 0 Å². The standard InChI is InChI=1S/C15H17Cl2NOS/c1-18(10-11-4-3-9-20-11)8-7-14(19)12-5-2-6-13(16)15(12)17/h2-6,9,14,19H,7-8,10H2,1H3. The van der Waals surface area contributed by atoms with Gasteiger partial charge in [-0.1, -0.05) is 41.4 Å². The number of aliphatic hydroxyl groups excluding tert-OH is 1. The van der Waals surface area contributed by atoms with Crippen LogP contribution in [0.2, 0.25) is 10.0 Å². The van der Waals surface area contributed by atoms with Crippen molar-refractivity contribution in [2.45, 2.75) is 19.1 Å². The fraction of sp³-hybridized carbons (Fsp3) is 0.333. The zero-order valence-electron chi connectivity index (χ0n) is 11.2. The number of nitrogens with zero attached hydrogens (tertiary/aromatic N) is 1. The maximum absolute atomic E-state index is 10.2. The maximum atomic E-state index is 10.2. The highest BCUT2D eigenvalue weighted by Crippen LogP contribution is 2.31. The molecule has 1 aromatic carbocycles. The number of thiophene rings is 1. The first-order valence-electron chi connectivity index (χ1n) is 6.41. The zero-order chi connectivity index (χ0) is 14.5. The van der Waals surface area contributed by atoms with Crippen LogP contribution in [0, 0.1) is 0 Å². The fourth-order valence-electron chi connectivity index (χ4n) is 2.02. The third-order valence-electron chi connectivity index (χ3n) is 3.13. The van der Waals surface area contributed by atoms with E-state index in [1.54, 1.807) is 17.4 Å². The van der Waals surface area contributed by atoms with Crippen LogP contribution in [-0.4, -0.2) is 23.6 Å². The summed E-state index contributed by atoms with van der Waals surface area (Å²) in [5.74, 6) is 0. The number of halogens is 2. The van der Waals surface area contributed by atoms with Crippen molar-refractivity contribution in [1.29, 1.82) is 0 Å². The Bertz CT molecular complexity index is 545. The molecule has 0 aliphatic heterocycles. The van der Waals surface area contributed by atoms with E-state index >= 15 is 0 Å². The SMILES string of the molecule is CN(CCC(O)c1cccc(Cl)c1Cl)Cc1cccs1. The first-order chi connectivity index (χ1) is 9.58. The highest BCUT2D eigenvalue weighted by Gasteiger charge is 2.14. The summed E-state index contributed by atoms with van der Waals surface area (Å²) in [4.78, 5) is 3.51. The quantitative estimate of drug-likeness (QED) is 0.836. The van der Waals surface area contributed by atoms with Gasteiger partial charge in [0.1, 0.15) is 0 Å². The lowest BCUT2D eigenvalue weighted by Crippen LogP contribution is -2.20. The molecule has 0 aliphatic carbocycles. The van der Waals surface area contributed by atoms with Crippen molar-refractivity contribution in [3.05, 3.63) is 56.2 Å². The van der Waals surface area contributed by atoms with Crippen LogP contribution in [0.3, 0.4) is 0 Å². The van der Waals surface area contributed by atoms with Crippen molar-refractivity contribution in [1.82, 2.24) is 4.90 Å². The molecule has 0 amide bonds. The lowest BCUT2D eigenvalue weighted by Gasteiger charge is -2.19. The van der Waals surface area contributed by atoms with Crippen LogP contribution in [0.25, 0.3) is 0 Å². The minimum Gasteiger partial charge on any atom is -0.388 e. The van der Waals surface area contributed by atoms with E-state index < -0.39 is 6.10 Å². The third kappa shape index (κ3) is 4.21. The van der Waals surface area contributed by atoms with Gasteiger partial charge in [-0.15, -0.1) is 11.3 Å². The first-order valence-corrected chi connectivity index (χ1v) is 8.04. The van der Waals surface area contributed by atoms with Crippen molar-refractivity contribution >= 4 is 34.5 Å². The van der Waals surface area contributed by atoms with Crippen LogP contribution in [-0.2, 0) is 6.54 Å². The van der Waals surface area contributed by atoms with Gasteiger partial charge in [0.2, 0.25) is 0 Å². The summed E-state index contributed by atoms with van der Waals surface area (Å²) in [5.41, 5.74) is 0.698. The Morgan fingerprint density at radius 2 is 2.05 bits per heavy atom. The summed E-state index contributed by atoms with van der Waals surface area (Å²) in [7, 11) is 2.05. The van der Waals surface area contributed by atoms with Crippen molar-refractivity contribution < 1.29 is 5.11 Å². The minimum absolute atomic E-state index is 0.447. The number of hydrogen-bond donors (Lipinski definition) is 1. The van der Waals surface area contributed by atoms with Crippen molar-refractivity contribution in [2.75, 3.05) is 13.6 Å². The molecular formula is C15H17Cl2NOS. The van der Waals surface area contributed by atoms with Gasteiger partial charge in [0.05, 0.1) is 16.1 Å². The molecule has 2 nitrogen and oxygen atoms in total. The second kappa shape index (κ2) is 7.43. The first kappa shape index (κ1) is 15.8. The Kier molecular flexibility index (Phi) is 5.87. The lowest BCUT2D eigenvalue weighted by atomic mass is 10.1. The lowest BCUT2D eigenvalue weighted by molar-refractivity contribution is 0.148. The monoisotopic (exact) mass is 329 g/mol. The Labute approximate surface area is 133 Å². The molecule has 1 heterocycles. The van der Waals surface area contributed by atoms with Crippen LogP contribution >= 0.6 is 34.5 Å². The Morgan fingerprint density at radius 3 is 2.75 bits per heavy atom. The van der Waals surface area contributed by atoms with Gasteiger partial charge in [0.25, 0.3) is 0 Å². The van der Waals surface area contributed by atoms with Gasteiger partial charge in [-0.25, -0.2) is 0 Å². The average molecular weight is 330 g/mol. The summed E-state index contributed by atoms with van der Waals surface area (Å²) in [6.45, 7) is 1.69. The predicted octanol–water partition coefficient (Wildman–Crippen LogP) is 4.61. The van der Waals surface area contributed by atoms with Crippen molar-refractivity contribution in [3.8, 4) is 0 Å². The molecule has 1 aromatic heterocycles. The molecule has 5 heteroatoms. The van der Waals surface area contributed by atoms with Gasteiger partial charge >= 0.3 is 0 Å². The molecule has 0 saturated carbocycles.